The van der Waals surface area contributed by atoms with Crippen LogP contribution in [0.25, 0.3) is 10.2 Å². The summed E-state index contributed by atoms with van der Waals surface area (Å²) in [5.74, 6) is 1.29. The fourth-order valence-electron chi connectivity index (χ4n) is 3.17. The molecule has 0 unspecified atom stereocenters. The number of fused-ring (bicyclic) bond motifs is 1. The lowest BCUT2D eigenvalue weighted by Gasteiger charge is -2.20. The highest BCUT2D eigenvalue weighted by Crippen LogP contribution is 2.39. The molecule has 31 heavy (non-hydrogen) atoms. The topological polar surface area (TPSA) is 64.5 Å². The van der Waals surface area contributed by atoms with Gasteiger partial charge in [0.2, 0.25) is 5.91 Å². The second-order valence-electron chi connectivity index (χ2n) is 6.78. The highest BCUT2D eigenvalue weighted by molar-refractivity contribution is 7.23. The van der Waals surface area contributed by atoms with Crippen molar-refractivity contribution in [2.45, 2.75) is 13.0 Å². The van der Waals surface area contributed by atoms with Crippen LogP contribution in [0.3, 0.4) is 0 Å². The number of hydrogen-bond donors (Lipinski definition) is 0. The largest absolute Gasteiger partial charge is 0.497 e. The Labute approximate surface area is 189 Å². The van der Waals surface area contributed by atoms with Crippen LogP contribution in [0.2, 0.25) is 5.02 Å². The van der Waals surface area contributed by atoms with E-state index in [2.05, 4.69) is 4.98 Å². The van der Waals surface area contributed by atoms with Crippen LogP contribution in [0.4, 0.5) is 5.13 Å². The standard InChI is InChI=1S/C23H20ClN3O3S/c1-29-17-5-3-15(4-6-17)13-20(28)27(14-16-9-11-25-12-10-16)23-26-21-19(30-2)8-7-18(24)22(21)31-23/h3-12H,13-14H2,1-2H3. The zero-order chi connectivity index (χ0) is 21.8. The normalized spacial score (nSPS) is 10.8. The number of nitrogens with zero attached hydrogens (tertiary/aromatic N) is 3. The zero-order valence-corrected chi connectivity index (χ0v) is 18.6. The summed E-state index contributed by atoms with van der Waals surface area (Å²) in [5.41, 5.74) is 2.49. The van der Waals surface area contributed by atoms with Gasteiger partial charge in [-0.1, -0.05) is 35.1 Å². The number of carbonyl (C=O) groups is 1. The third-order valence-electron chi connectivity index (χ3n) is 4.80. The van der Waals surface area contributed by atoms with Gasteiger partial charge in [0.1, 0.15) is 17.0 Å². The van der Waals surface area contributed by atoms with Crippen LogP contribution >= 0.6 is 22.9 Å². The van der Waals surface area contributed by atoms with Gasteiger partial charge < -0.3 is 9.47 Å². The monoisotopic (exact) mass is 453 g/mol. The highest BCUT2D eigenvalue weighted by atomic mass is 35.5. The predicted octanol–water partition coefficient (Wildman–Crippen LogP) is 5.14. The lowest BCUT2D eigenvalue weighted by Crippen LogP contribution is -2.31. The molecule has 4 rings (SSSR count). The van der Waals surface area contributed by atoms with Gasteiger partial charge in [0, 0.05) is 12.4 Å². The van der Waals surface area contributed by atoms with Crippen molar-refractivity contribution in [2.24, 2.45) is 0 Å². The van der Waals surface area contributed by atoms with E-state index >= 15 is 0 Å². The molecule has 6 nitrogen and oxygen atoms in total. The van der Waals surface area contributed by atoms with Gasteiger partial charge in [-0.3, -0.25) is 14.7 Å². The molecule has 0 N–H and O–H groups in total. The van der Waals surface area contributed by atoms with Gasteiger partial charge in [0.25, 0.3) is 0 Å². The Kier molecular flexibility index (Phi) is 6.34. The van der Waals surface area contributed by atoms with Crippen molar-refractivity contribution in [1.82, 2.24) is 9.97 Å². The van der Waals surface area contributed by atoms with Crippen molar-refractivity contribution in [3.63, 3.8) is 0 Å². The lowest BCUT2D eigenvalue weighted by molar-refractivity contribution is -0.118. The summed E-state index contributed by atoms with van der Waals surface area (Å²) in [6, 6.07) is 14.8. The first-order valence-corrected chi connectivity index (χ1v) is 10.7. The lowest BCUT2D eigenvalue weighted by atomic mass is 10.1. The van der Waals surface area contributed by atoms with Crippen LogP contribution < -0.4 is 14.4 Å². The number of amides is 1. The second kappa shape index (κ2) is 9.32. The Hall–Kier alpha value is -3.16. The van der Waals surface area contributed by atoms with Crippen molar-refractivity contribution in [1.29, 1.82) is 0 Å². The summed E-state index contributed by atoms with van der Waals surface area (Å²) in [7, 11) is 3.20. The Morgan fingerprint density at radius 3 is 2.42 bits per heavy atom. The molecule has 4 aromatic rings. The number of rotatable bonds is 7. The number of halogens is 1. The van der Waals surface area contributed by atoms with Crippen LogP contribution in [0, 0.1) is 0 Å². The van der Waals surface area contributed by atoms with E-state index in [-0.39, 0.29) is 12.3 Å². The number of ether oxygens (including phenoxy) is 2. The van der Waals surface area contributed by atoms with Crippen LogP contribution in [0.1, 0.15) is 11.1 Å². The van der Waals surface area contributed by atoms with Crippen molar-refractivity contribution in [3.05, 3.63) is 77.1 Å². The molecule has 0 aliphatic heterocycles. The van der Waals surface area contributed by atoms with Gasteiger partial charge in [0.05, 0.1) is 36.9 Å². The van der Waals surface area contributed by atoms with Gasteiger partial charge in [0.15, 0.2) is 5.13 Å². The van der Waals surface area contributed by atoms with Crippen LogP contribution in [0.5, 0.6) is 11.5 Å². The molecule has 0 saturated carbocycles. The number of thiazole rings is 1. The van der Waals surface area contributed by atoms with Gasteiger partial charge in [-0.05, 0) is 47.5 Å². The molecule has 0 aliphatic rings. The maximum absolute atomic E-state index is 13.4. The van der Waals surface area contributed by atoms with E-state index in [1.54, 1.807) is 43.6 Å². The molecule has 0 atom stereocenters. The third kappa shape index (κ3) is 4.62. The molecule has 2 aromatic carbocycles. The van der Waals surface area contributed by atoms with Crippen molar-refractivity contribution in [2.75, 3.05) is 19.1 Å². The molecule has 0 bridgehead atoms. The molecule has 2 aromatic heterocycles. The maximum Gasteiger partial charge on any atom is 0.233 e. The molecule has 158 valence electrons. The first-order valence-electron chi connectivity index (χ1n) is 9.54. The van der Waals surface area contributed by atoms with Crippen LogP contribution in [-0.4, -0.2) is 30.1 Å². The van der Waals surface area contributed by atoms with E-state index in [1.807, 2.05) is 36.4 Å². The Balaban J connectivity index is 1.71. The van der Waals surface area contributed by atoms with Crippen LogP contribution in [-0.2, 0) is 17.8 Å². The average Bonchev–Trinajstić information content (AvgIpc) is 3.25. The molecule has 0 radical (unpaired) electrons. The number of hydrogen-bond acceptors (Lipinski definition) is 6. The van der Waals surface area contributed by atoms with Gasteiger partial charge in [-0.15, -0.1) is 0 Å². The van der Waals surface area contributed by atoms with E-state index in [4.69, 9.17) is 26.1 Å². The molecular weight excluding hydrogens is 434 g/mol. The first kappa shape index (κ1) is 21.1. The number of benzene rings is 2. The predicted molar refractivity (Wildman–Crippen MR) is 123 cm³/mol. The fourth-order valence-corrected chi connectivity index (χ4v) is 4.44. The number of anilines is 1. The summed E-state index contributed by atoms with van der Waals surface area (Å²) in [4.78, 5) is 23.8. The molecule has 8 heteroatoms. The van der Waals surface area contributed by atoms with Gasteiger partial charge in [-0.2, -0.15) is 0 Å². The number of aromatic nitrogens is 2. The Bertz CT molecular complexity index is 1200. The van der Waals surface area contributed by atoms with Gasteiger partial charge >= 0.3 is 0 Å². The molecule has 1 amide bonds. The number of pyridine rings is 1. The minimum atomic E-state index is -0.0730. The number of carbonyl (C=O) groups excluding carboxylic acids is 1. The minimum absolute atomic E-state index is 0.0730. The smallest absolute Gasteiger partial charge is 0.233 e. The van der Waals surface area contributed by atoms with E-state index in [0.717, 1.165) is 21.6 Å². The highest BCUT2D eigenvalue weighted by Gasteiger charge is 2.22. The second-order valence-corrected chi connectivity index (χ2v) is 8.17. The molecular formula is C23H20ClN3O3S. The van der Waals surface area contributed by atoms with Crippen molar-refractivity contribution >= 4 is 44.2 Å². The molecule has 0 aliphatic carbocycles. The third-order valence-corrected chi connectivity index (χ3v) is 6.34. The Morgan fingerprint density at radius 2 is 1.74 bits per heavy atom. The zero-order valence-electron chi connectivity index (χ0n) is 17.0. The quantitative estimate of drug-likeness (QED) is 0.387. The average molecular weight is 454 g/mol. The SMILES string of the molecule is COc1ccc(CC(=O)N(Cc2ccncc2)c2nc3c(OC)ccc(Cl)c3s2)cc1. The molecule has 0 spiro atoms. The Morgan fingerprint density at radius 1 is 1.00 bits per heavy atom. The van der Waals surface area contributed by atoms with E-state index < -0.39 is 0 Å². The van der Waals surface area contributed by atoms with Crippen molar-refractivity contribution in [3.8, 4) is 11.5 Å². The number of methoxy groups -OCH3 is 2. The summed E-state index contributed by atoms with van der Waals surface area (Å²) in [6.07, 6.45) is 3.65. The summed E-state index contributed by atoms with van der Waals surface area (Å²) >= 11 is 7.77. The summed E-state index contributed by atoms with van der Waals surface area (Å²) in [6.45, 7) is 0.372. The molecule has 0 fully saturated rings. The minimum Gasteiger partial charge on any atom is -0.497 e. The van der Waals surface area contributed by atoms with Crippen molar-refractivity contribution < 1.29 is 14.3 Å². The fraction of sp³-hybridized carbons (Fsp3) is 0.174. The molecule has 0 saturated heterocycles. The van der Waals surface area contributed by atoms with E-state index in [0.29, 0.717) is 28.0 Å². The summed E-state index contributed by atoms with van der Waals surface area (Å²) in [5, 5.41) is 1.14. The van der Waals surface area contributed by atoms with Gasteiger partial charge in [-0.25, -0.2) is 4.98 Å². The molecule has 2 heterocycles. The van der Waals surface area contributed by atoms with E-state index in [1.165, 1.54) is 11.3 Å². The summed E-state index contributed by atoms with van der Waals surface area (Å²) < 4.78 is 11.4. The maximum atomic E-state index is 13.4. The van der Waals surface area contributed by atoms with E-state index in [9.17, 15) is 4.79 Å². The van der Waals surface area contributed by atoms with Crippen LogP contribution in [0.15, 0.2) is 60.9 Å². The first-order chi connectivity index (χ1) is 15.1.